The number of anilines is 1. The zero-order valence-corrected chi connectivity index (χ0v) is 13.2. The van der Waals surface area contributed by atoms with Crippen molar-refractivity contribution >= 4 is 50.2 Å². The van der Waals surface area contributed by atoms with Crippen LogP contribution in [0.3, 0.4) is 0 Å². The second-order valence-corrected chi connectivity index (χ2v) is 7.80. The summed E-state index contributed by atoms with van der Waals surface area (Å²) in [7, 11) is -3.70. The predicted octanol–water partition coefficient (Wildman–Crippen LogP) is 3.87. The van der Waals surface area contributed by atoms with E-state index in [9.17, 15) is 8.42 Å². The van der Waals surface area contributed by atoms with E-state index in [2.05, 4.69) is 9.71 Å². The highest BCUT2D eigenvalue weighted by molar-refractivity contribution is 7.94. The normalized spacial score (nSPS) is 11.6. The highest BCUT2D eigenvalue weighted by Crippen LogP contribution is 2.29. The lowest BCUT2D eigenvalue weighted by atomic mass is 10.2. The van der Waals surface area contributed by atoms with Crippen LogP contribution < -0.4 is 4.72 Å². The second-order valence-electron chi connectivity index (χ2n) is 3.90. The molecule has 0 aliphatic carbocycles. The van der Waals surface area contributed by atoms with E-state index in [4.69, 9.17) is 23.2 Å². The molecule has 1 aromatic carbocycles. The van der Waals surface area contributed by atoms with Gasteiger partial charge in [-0.2, -0.15) is 0 Å². The van der Waals surface area contributed by atoms with Crippen molar-refractivity contribution in [1.29, 1.82) is 0 Å². The van der Waals surface area contributed by atoms with E-state index in [1.165, 1.54) is 0 Å². The Morgan fingerprint density at radius 2 is 1.95 bits per heavy atom. The van der Waals surface area contributed by atoms with E-state index in [1.54, 1.807) is 32.0 Å². The van der Waals surface area contributed by atoms with Gasteiger partial charge in [0.05, 0.1) is 11.4 Å². The van der Waals surface area contributed by atoms with Crippen LogP contribution in [0.4, 0.5) is 5.69 Å². The topological polar surface area (TPSA) is 59.1 Å². The lowest BCUT2D eigenvalue weighted by Crippen LogP contribution is -2.13. The molecule has 8 heteroatoms. The number of nitrogens with one attached hydrogen (secondary N) is 1. The minimum atomic E-state index is -3.70. The molecule has 0 bridgehead atoms. The van der Waals surface area contributed by atoms with E-state index in [0.29, 0.717) is 16.4 Å². The highest BCUT2D eigenvalue weighted by Gasteiger charge is 2.22. The van der Waals surface area contributed by atoms with Gasteiger partial charge in [-0.1, -0.05) is 40.6 Å². The smallest absolute Gasteiger partial charge is 0.273 e. The fourth-order valence-electron chi connectivity index (χ4n) is 1.50. The Morgan fingerprint density at radius 1 is 1.26 bits per heavy atom. The molecule has 0 saturated carbocycles. The molecule has 0 amide bonds. The van der Waals surface area contributed by atoms with Gasteiger partial charge >= 0.3 is 0 Å². The van der Waals surface area contributed by atoms with Crippen LogP contribution in [-0.2, 0) is 10.0 Å². The van der Waals surface area contributed by atoms with Crippen molar-refractivity contribution < 1.29 is 8.42 Å². The van der Waals surface area contributed by atoms with Gasteiger partial charge in [-0.05, 0) is 31.5 Å². The highest BCUT2D eigenvalue weighted by atomic mass is 35.5. The molecular weight excluding hydrogens is 327 g/mol. The molecule has 0 fully saturated rings. The first-order valence-corrected chi connectivity index (χ1v) is 8.27. The monoisotopic (exact) mass is 336 g/mol. The second kappa shape index (κ2) is 5.28. The SMILES string of the molecule is Cc1ccc(Cl)cc1NS(=O)(=O)c1sc(Cl)nc1C. The number of rotatable bonds is 3. The molecule has 4 nitrogen and oxygen atoms in total. The largest absolute Gasteiger partial charge is 0.279 e. The lowest BCUT2D eigenvalue weighted by Gasteiger charge is -2.09. The van der Waals surface area contributed by atoms with E-state index in [-0.39, 0.29) is 8.68 Å². The van der Waals surface area contributed by atoms with E-state index in [1.807, 2.05) is 0 Å². The van der Waals surface area contributed by atoms with Crippen molar-refractivity contribution in [2.45, 2.75) is 18.1 Å². The summed E-state index contributed by atoms with van der Waals surface area (Å²) in [5.74, 6) is 0. The van der Waals surface area contributed by atoms with Gasteiger partial charge in [0.2, 0.25) is 0 Å². The molecule has 2 aromatic rings. The minimum absolute atomic E-state index is 0.108. The number of sulfonamides is 1. The van der Waals surface area contributed by atoms with E-state index >= 15 is 0 Å². The fraction of sp³-hybridized carbons (Fsp3) is 0.182. The Hall–Kier alpha value is -0.820. The van der Waals surface area contributed by atoms with Crippen molar-refractivity contribution in [2.75, 3.05) is 4.72 Å². The quantitative estimate of drug-likeness (QED) is 0.925. The van der Waals surface area contributed by atoms with Crippen molar-refractivity contribution in [3.8, 4) is 0 Å². The summed E-state index contributed by atoms with van der Waals surface area (Å²) >= 11 is 12.5. The fourth-order valence-corrected chi connectivity index (χ4v) is 4.53. The van der Waals surface area contributed by atoms with Gasteiger partial charge in [0.25, 0.3) is 10.0 Å². The molecule has 0 unspecified atom stereocenters. The van der Waals surface area contributed by atoms with Crippen LogP contribution >= 0.6 is 34.5 Å². The molecule has 0 radical (unpaired) electrons. The van der Waals surface area contributed by atoms with Crippen LogP contribution in [0.5, 0.6) is 0 Å². The third-order valence-corrected chi connectivity index (χ3v) is 5.89. The summed E-state index contributed by atoms with van der Waals surface area (Å²) < 4.78 is 27.3. The average Bonchev–Trinajstić information content (AvgIpc) is 2.63. The molecule has 1 heterocycles. The third kappa shape index (κ3) is 3.20. The number of benzene rings is 1. The van der Waals surface area contributed by atoms with Crippen LogP contribution in [0.15, 0.2) is 22.4 Å². The third-order valence-electron chi connectivity index (χ3n) is 2.42. The van der Waals surface area contributed by atoms with Gasteiger partial charge in [0, 0.05) is 5.02 Å². The number of thiazole rings is 1. The zero-order chi connectivity index (χ0) is 14.2. The molecule has 0 saturated heterocycles. The average molecular weight is 337 g/mol. The predicted molar refractivity (Wildman–Crippen MR) is 78.9 cm³/mol. The Bertz CT molecular complexity index is 726. The molecule has 2 rings (SSSR count). The van der Waals surface area contributed by atoms with Gasteiger partial charge in [0.15, 0.2) is 8.68 Å². The Labute approximate surface area is 125 Å². The maximum atomic E-state index is 12.3. The van der Waals surface area contributed by atoms with Gasteiger partial charge < -0.3 is 0 Å². The van der Waals surface area contributed by atoms with E-state index < -0.39 is 10.0 Å². The standard InChI is InChI=1S/C11H10Cl2N2O2S2/c1-6-3-4-8(12)5-9(6)15-19(16,17)10-7(2)14-11(13)18-10/h3-5,15H,1-2H3. The first-order chi connectivity index (χ1) is 8.79. The van der Waals surface area contributed by atoms with Crippen LogP contribution in [-0.4, -0.2) is 13.4 Å². The molecule has 1 aromatic heterocycles. The molecule has 19 heavy (non-hydrogen) atoms. The molecular formula is C11H10Cl2N2O2S2. The van der Waals surface area contributed by atoms with Gasteiger partial charge in [0.1, 0.15) is 0 Å². The Balaban J connectivity index is 2.42. The Kier molecular flexibility index (Phi) is 4.06. The van der Waals surface area contributed by atoms with Crippen LogP contribution in [0, 0.1) is 13.8 Å². The molecule has 0 aliphatic rings. The van der Waals surface area contributed by atoms with Gasteiger partial charge in [-0.3, -0.25) is 4.72 Å². The number of nitrogens with zero attached hydrogens (tertiary/aromatic N) is 1. The zero-order valence-electron chi connectivity index (χ0n) is 10.1. The lowest BCUT2D eigenvalue weighted by molar-refractivity contribution is 0.602. The molecule has 102 valence electrons. The Morgan fingerprint density at radius 3 is 2.53 bits per heavy atom. The van der Waals surface area contributed by atoms with Crippen LogP contribution in [0.2, 0.25) is 9.49 Å². The number of aromatic nitrogens is 1. The summed E-state index contributed by atoms with van der Waals surface area (Å²) in [4.78, 5) is 3.90. The summed E-state index contributed by atoms with van der Waals surface area (Å²) in [6, 6.07) is 5.00. The number of hydrogen-bond acceptors (Lipinski definition) is 4. The maximum Gasteiger partial charge on any atom is 0.273 e. The first kappa shape index (κ1) is 14.6. The first-order valence-electron chi connectivity index (χ1n) is 5.21. The van der Waals surface area contributed by atoms with Crippen molar-refractivity contribution in [1.82, 2.24) is 4.98 Å². The molecule has 1 N–H and O–H groups in total. The van der Waals surface area contributed by atoms with Crippen molar-refractivity contribution in [2.24, 2.45) is 0 Å². The summed E-state index contributed by atoms with van der Waals surface area (Å²) in [6.45, 7) is 3.39. The van der Waals surface area contributed by atoms with Gasteiger partial charge in [-0.25, -0.2) is 13.4 Å². The number of hydrogen-bond donors (Lipinski definition) is 1. The van der Waals surface area contributed by atoms with E-state index in [0.717, 1.165) is 16.9 Å². The van der Waals surface area contributed by atoms with Crippen LogP contribution in [0.1, 0.15) is 11.3 Å². The van der Waals surface area contributed by atoms with Gasteiger partial charge in [-0.15, -0.1) is 0 Å². The molecule has 0 spiro atoms. The number of aryl methyl sites for hydroxylation is 2. The summed E-state index contributed by atoms with van der Waals surface area (Å²) in [5, 5.41) is 0.461. The van der Waals surface area contributed by atoms with Crippen molar-refractivity contribution in [3.63, 3.8) is 0 Å². The van der Waals surface area contributed by atoms with Crippen molar-refractivity contribution in [3.05, 3.63) is 38.9 Å². The number of halogens is 2. The molecule has 0 atom stereocenters. The summed E-state index contributed by atoms with van der Waals surface area (Å²) in [6.07, 6.45) is 0. The summed E-state index contributed by atoms with van der Waals surface area (Å²) in [5.41, 5.74) is 1.60. The minimum Gasteiger partial charge on any atom is -0.279 e. The maximum absolute atomic E-state index is 12.3. The molecule has 0 aliphatic heterocycles. The van der Waals surface area contributed by atoms with Crippen LogP contribution in [0.25, 0.3) is 0 Å².